The Morgan fingerprint density at radius 1 is 0.833 bits per heavy atom. The molecule has 4 rings (SSSR count). The molecule has 256 valence electrons. The molecule has 1 amide bonds. The number of carbonyl (C=O) groups excluding carboxylic acids is 6. The number of rotatable bonds is 10. The van der Waals surface area contributed by atoms with Gasteiger partial charge in [0.25, 0.3) is 0 Å². The normalized spacial score (nSPS) is 23.6. The summed E-state index contributed by atoms with van der Waals surface area (Å²) in [6.45, 7) is 4.14. The maximum atomic E-state index is 13.8. The summed E-state index contributed by atoms with van der Waals surface area (Å²) < 4.78 is 32.7. The smallest absolute Gasteiger partial charge is 0.337 e. The quantitative estimate of drug-likeness (QED) is 0.287. The average molecular weight is 668 g/mol. The molecule has 6 atom stereocenters. The Bertz CT molecular complexity index is 1540. The fourth-order valence-corrected chi connectivity index (χ4v) is 5.32. The first-order chi connectivity index (χ1) is 22.9. The molecule has 15 nitrogen and oxygen atoms in total. The fourth-order valence-electron chi connectivity index (χ4n) is 5.32. The van der Waals surface area contributed by atoms with Crippen molar-refractivity contribution in [1.82, 2.24) is 10.2 Å². The molecule has 0 aliphatic carbocycles. The van der Waals surface area contributed by atoms with Crippen molar-refractivity contribution < 1.29 is 57.2 Å². The van der Waals surface area contributed by atoms with Gasteiger partial charge in [0.2, 0.25) is 11.9 Å². The van der Waals surface area contributed by atoms with Crippen molar-refractivity contribution in [2.45, 2.75) is 77.3 Å². The van der Waals surface area contributed by atoms with Crippen LogP contribution in [0.2, 0.25) is 0 Å². The van der Waals surface area contributed by atoms with Crippen molar-refractivity contribution in [1.29, 1.82) is 0 Å². The van der Waals surface area contributed by atoms with Crippen LogP contribution in [0.4, 0.5) is 0 Å². The van der Waals surface area contributed by atoms with Crippen LogP contribution in [0, 0.1) is 0 Å². The van der Waals surface area contributed by atoms with Gasteiger partial charge in [-0.2, -0.15) is 0 Å². The minimum atomic E-state index is -1.43. The number of benzene rings is 2. The number of hydrogen-bond donors (Lipinski definition) is 1. The van der Waals surface area contributed by atoms with Gasteiger partial charge in [-0.05, 0) is 23.3 Å². The van der Waals surface area contributed by atoms with Gasteiger partial charge in [0.05, 0.1) is 31.7 Å². The van der Waals surface area contributed by atoms with Gasteiger partial charge in [0.1, 0.15) is 12.7 Å². The van der Waals surface area contributed by atoms with Gasteiger partial charge in [0, 0.05) is 27.7 Å². The van der Waals surface area contributed by atoms with E-state index in [-0.39, 0.29) is 24.8 Å². The zero-order chi connectivity index (χ0) is 35.0. The summed E-state index contributed by atoms with van der Waals surface area (Å²) >= 11 is 0. The van der Waals surface area contributed by atoms with Crippen LogP contribution >= 0.6 is 0 Å². The first-order valence-corrected chi connectivity index (χ1v) is 15.0. The van der Waals surface area contributed by atoms with Gasteiger partial charge in [-0.1, -0.05) is 42.5 Å². The minimum Gasteiger partial charge on any atom is -0.465 e. The van der Waals surface area contributed by atoms with E-state index in [4.69, 9.17) is 33.4 Å². The molecule has 1 saturated heterocycles. The number of nitrogens with one attached hydrogen (secondary N) is 1. The van der Waals surface area contributed by atoms with Gasteiger partial charge < -0.3 is 33.7 Å². The van der Waals surface area contributed by atoms with Crippen LogP contribution < -0.4 is 5.32 Å². The summed E-state index contributed by atoms with van der Waals surface area (Å²) in [5.41, 5.74) is 1.72. The molecule has 2 heterocycles. The lowest BCUT2D eigenvalue weighted by molar-refractivity contribution is -0.255. The van der Waals surface area contributed by atoms with Crippen LogP contribution in [0.25, 0.3) is 0 Å². The predicted octanol–water partition coefficient (Wildman–Crippen LogP) is 1.98. The molecule has 2 aliphatic rings. The summed E-state index contributed by atoms with van der Waals surface area (Å²) in [5, 5.41) is 3.06. The van der Waals surface area contributed by atoms with E-state index >= 15 is 0 Å². The lowest BCUT2D eigenvalue weighted by Crippen LogP contribution is -2.67. The first kappa shape index (κ1) is 35.5. The summed E-state index contributed by atoms with van der Waals surface area (Å²) in [7, 11) is 1.27. The van der Waals surface area contributed by atoms with E-state index < -0.39 is 73.1 Å². The molecule has 0 aromatic heterocycles. The number of amides is 1. The van der Waals surface area contributed by atoms with Crippen LogP contribution in [-0.4, -0.2) is 91.0 Å². The zero-order valence-electron chi connectivity index (χ0n) is 27.1. The molecule has 0 unspecified atom stereocenters. The molecule has 2 aromatic rings. The third-order valence-electron chi connectivity index (χ3n) is 7.37. The van der Waals surface area contributed by atoms with Crippen molar-refractivity contribution in [3.8, 4) is 0 Å². The van der Waals surface area contributed by atoms with E-state index in [0.717, 1.165) is 26.3 Å². The number of methoxy groups -OCH3 is 1. The Morgan fingerprint density at radius 2 is 1.44 bits per heavy atom. The summed E-state index contributed by atoms with van der Waals surface area (Å²) in [4.78, 5) is 80.4. The Balaban J connectivity index is 1.76. The number of guanidine groups is 1. The number of aliphatic imine (C=N–C) groups is 1. The Hall–Kier alpha value is -5.31. The van der Waals surface area contributed by atoms with Crippen molar-refractivity contribution in [3.05, 3.63) is 71.3 Å². The van der Waals surface area contributed by atoms with E-state index in [0.29, 0.717) is 11.1 Å². The first-order valence-electron chi connectivity index (χ1n) is 15.0. The van der Waals surface area contributed by atoms with Gasteiger partial charge in [-0.15, -0.1) is 0 Å². The molecule has 1 fully saturated rings. The van der Waals surface area contributed by atoms with Gasteiger partial charge in [-0.3, -0.25) is 28.9 Å². The Labute approximate surface area is 276 Å². The number of ether oxygens (including phenoxy) is 6. The highest BCUT2D eigenvalue weighted by atomic mass is 16.7. The van der Waals surface area contributed by atoms with Crippen LogP contribution in [0.5, 0.6) is 0 Å². The number of esters is 5. The van der Waals surface area contributed by atoms with E-state index in [2.05, 4.69) is 5.32 Å². The van der Waals surface area contributed by atoms with Crippen LogP contribution in [0.3, 0.4) is 0 Å². The maximum absolute atomic E-state index is 13.8. The fraction of sp³-hybridized carbons (Fsp3) is 0.424. The standard InChI is InChI=1S/C33H37N3O12/c1-18(37)44-17-26-28(45-19(2)38)29(46-20(3)39)30(47-21(4)40)31(48-26)35-33-34-25(23-9-7-6-8-10-23)15-27(41)36(33)16-22-11-13-24(14-12-22)32(42)43-5/h6-14,25-26,28-31H,15-17H2,1-5H3,(H,34,35)/t25-,26+,28+,29-,30+,31-/m0/s1. The van der Waals surface area contributed by atoms with Crippen molar-refractivity contribution >= 4 is 41.7 Å². The van der Waals surface area contributed by atoms with E-state index in [9.17, 15) is 28.8 Å². The van der Waals surface area contributed by atoms with Crippen LogP contribution in [0.15, 0.2) is 59.6 Å². The lowest BCUT2D eigenvalue weighted by Gasteiger charge is -2.45. The highest BCUT2D eigenvalue weighted by Gasteiger charge is 2.53. The molecule has 2 aromatic carbocycles. The highest BCUT2D eigenvalue weighted by molar-refractivity contribution is 5.99. The number of hydrogen-bond acceptors (Lipinski definition) is 14. The zero-order valence-corrected chi connectivity index (χ0v) is 27.1. The molecular formula is C33H37N3O12. The average Bonchev–Trinajstić information content (AvgIpc) is 3.04. The van der Waals surface area contributed by atoms with E-state index in [1.807, 2.05) is 30.3 Å². The van der Waals surface area contributed by atoms with Crippen molar-refractivity contribution in [3.63, 3.8) is 0 Å². The molecule has 0 spiro atoms. The summed E-state index contributed by atoms with van der Waals surface area (Å²) in [5.74, 6) is -3.80. The van der Waals surface area contributed by atoms with Crippen LogP contribution in [-0.2, 0) is 58.9 Å². The van der Waals surface area contributed by atoms with Crippen molar-refractivity contribution in [2.24, 2.45) is 4.99 Å². The third-order valence-corrected chi connectivity index (χ3v) is 7.37. The lowest BCUT2D eigenvalue weighted by atomic mass is 9.97. The highest BCUT2D eigenvalue weighted by Crippen LogP contribution is 2.31. The molecule has 0 radical (unpaired) electrons. The summed E-state index contributed by atoms with van der Waals surface area (Å²) in [6, 6.07) is 15.0. The monoisotopic (exact) mass is 667 g/mol. The van der Waals surface area contributed by atoms with Gasteiger partial charge in [-0.25, -0.2) is 9.79 Å². The van der Waals surface area contributed by atoms with E-state index in [1.54, 1.807) is 24.3 Å². The Kier molecular flexibility index (Phi) is 11.8. The maximum Gasteiger partial charge on any atom is 0.337 e. The van der Waals surface area contributed by atoms with Gasteiger partial charge in [0.15, 0.2) is 24.5 Å². The molecule has 0 saturated carbocycles. The largest absolute Gasteiger partial charge is 0.465 e. The SMILES string of the molecule is COC(=O)c1ccc(CN2C(=O)C[C@@H](c3ccccc3)N=C2N[C@H]2O[C@H](COC(C)=O)[C@@H](OC(C)=O)[C@H](OC(C)=O)[C@H]2OC(C)=O)cc1. The molecule has 0 bridgehead atoms. The second kappa shape index (κ2) is 16.0. The number of nitrogens with zero attached hydrogens (tertiary/aromatic N) is 2. The second-order valence-corrected chi connectivity index (χ2v) is 11.0. The molecule has 2 aliphatic heterocycles. The number of carbonyl (C=O) groups is 6. The third kappa shape index (κ3) is 9.15. The minimum absolute atomic E-state index is 0.0128. The second-order valence-electron chi connectivity index (χ2n) is 11.0. The molecule has 15 heteroatoms. The molecular weight excluding hydrogens is 630 g/mol. The van der Waals surface area contributed by atoms with Crippen LogP contribution in [0.1, 0.15) is 61.6 Å². The molecule has 1 N–H and O–H groups in total. The molecule has 48 heavy (non-hydrogen) atoms. The Morgan fingerprint density at radius 3 is 2.02 bits per heavy atom. The topological polar surface area (TPSA) is 185 Å². The predicted molar refractivity (Wildman–Crippen MR) is 165 cm³/mol. The summed E-state index contributed by atoms with van der Waals surface area (Å²) in [6.07, 6.45) is -6.77. The van der Waals surface area contributed by atoms with E-state index in [1.165, 1.54) is 18.9 Å². The van der Waals surface area contributed by atoms with Gasteiger partial charge >= 0.3 is 29.8 Å². The van der Waals surface area contributed by atoms with Crippen molar-refractivity contribution in [2.75, 3.05) is 13.7 Å².